The van der Waals surface area contributed by atoms with Crippen molar-refractivity contribution in [1.82, 2.24) is 4.98 Å². The zero-order valence-electron chi connectivity index (χ0n) is 17.1. The Morgan fingerprint density at radius 1 is 0.966 bits per heavy atom. The summed E-state index contributed by atoms with van der Waals surface area (Å²) in [5.41, 5.74) is 6.37. The third-order valence-electron chi connectivity index (χ3n) is 9.06. The van der Waals surface area contributed by atoms with Crippen LogP contribution in [0.5, 0.6) is 0 Å². The summed E-state index contributed by atoms with van der Waals surface area (Å²) >= 11 is 0. The lowest BCUT2D eigenvalue weighted by Crippen LogP contribution is -2.48. The van der Waals surface area contributed by atoms with Gasteiger partial charge in [0, 0.05) is 24.0 Å². The second-order valence-electron chi connectivity index (χ2n) is 10.8. The van der Waals surface area contributed by atoms with E-state index in [-0.39, 0.29) is 0 Å². The van der Waals surface area contributed by atoms with Gasteiger partial charge in [0.25, 0.3) is 0 Å². The van der Waals surface area contributed by atoms with Gasteiger partial charge in [0.15, 0.2) is 0 Å². The fourth-order valence-corrected chi connectivity index (χ4v) is 8.28. The van der Waals surface area contributed by atoms with E-state index in [1.807, 2.05) is 12.4 Å². The first-order valence-corrected chi connectivity index (χ1v) is 11.7. The Kier molecular flexibility index (Phi) is 3.43. The summed E-state index contributed by atoms with van der Waals surface area (Å²) in [6, 6.07) is 12.2. The lowest BCUT2D eigenvalue weighted by atomic mass is 9.48. The van der Waals surface area contributed by atoms with Crippen LogP contribution >= 0.6 is 0 Å². The minimum absolute atomic E-state index is 0.363. The van der Waals surface area contributed by atoms with Crippen molar-refractivity contribution in [1.29, 1.82) is 0 Å². The van der Waals surface area contributed by atoms with Gasteiger partial charge < -0.3 is 5.32 Å². The van der Waals surface area contributed by atoms with Gasteiger partial charge in [0.1, 0.15) is 0 Å². The number of allylic oxidation sites excluding steroid dienone is 2. The van der Waals surface area contributed by atoms with Crippen LogP contribution in [0.4, 0.5) is 5.69 Å². The number of hydrogen-bond acceptors (Lipinski definition) is 2. The number of fused-ring (bicyclic) bond motifs is 3. The zero-order chi connectivity index (χ0) is 19.0. The molecule has 2 nitrogen and oxygen atoms in total. The van der Waals surface area contributed by atoms with Gasteiger partial charge in [0.05, 0.1) is 6.04 Å². The summed E-state index contributed by atoms with van der Waals surface area (Å²) in [7, 11) is 0. The van der Waals surface area contributed by atoms with Crippen molar-refractivity contribution in [2.24, 2.45) is 23.7 Å². The SMILES string of the molecule is C1=C[C@@H]2c3cc(C45CC6CC(CC(C6)C4)C5)ccc3N[C@@H](c3cccnc3)[C@H]2C1. The molecule has 1 aromatic heterocycles. The Morgan fingerprint density at radius 2 is 1.76 bits per heavy atom. The van der Waals surface area contributed by atoms with Crippen molar-refractivity contribution in [3.05, 3.63) is 71.6 Å². The minimum Gasteiger partial charge on any atom is -0.378 e. The molecule has 8 rings (SSSR count). The van der Waals surface area contributed by atoms with Gasteiger partial charge in [-0.3, -0.25) is 4.98 Å². The van der Waals surface area contributed by atoms with E-state index in [1.165, 1.54) is 49.8 Å². The quantitative estimate of drug-likeness (QED) is 0.610. The van der Waals surface area contributed by atoms with E-state index in [1.54, 1.807) is 11.1 Å². The minimum atomic E-state index is 0.363. The summed E-state index contributed by atoms with van der Waals surface area (Å²) in [5, 5.41) is 3.91. The van der Waals surface area contributed by atoms with E-state index in [9.17, 15) is 0 Å². The van der Waals surface area contributed by atoms with Crippen LogP contribution in [0.25, 0.3) is 0 Å². The van der Waals surface area contributed by atoms with Crippen LogP contribution in [0.3, 0.4) is 0 Å². The molecule has 2 aromatic rings. The van der Waals surface area contributed by atoms with Crippen LogP contribution < -0.4 is 5.32 Å². The number of pyridine rings is 1. The molecule has 0 spiro atoms. The maximum Gasteiger partial charge on any atom is 0.0569 e. The van der Waals surface area contributed by atoms with Gasteiger partial charge in [-0.15, -0.1) is 0 Å². The van der Waals surface area contributed by atoms with Crippen molar-refractivity contribution in [2.45, 2.75) is 62.3 Å². The number of rotatable bonds is 2. The average Bonchev–Trinajstić information content (AvgIpc) is 3.23. The molecule has 4 saturated carbocycles. The Morgan fingerprint density at radius 3 is 2.48 bits per heavy atom. The average molecular weight is 383 g/mol. The van der Waals surface area contributed by atoms with Crippen molar-refractivity contribution in [2.75, 3.05) is 5.32 Å². The van der Waals surface area contributed by atoms with Gasteiger partial charge in [-0.1, -0.05) is 30.4 Å². The van der Waals surface area contributed by atoms with E-state index >= 15 is 0 Å². The summed E-state index contributed by atoms with van der Waals surface area (Å²) in [6.07, 6.45) is 18.9. The highest BCUT2D eigenvalue weighted by molar-refractivity contribution is 5.61. The molecule has 3 atom stereocenters. The molecule has 4 fully saturated rings. The first kappa shape index (κ1) is 16.7. The molecule has 0 radical (unpaired) electrons. The van der Waals surface area contributed by atoms with Crippen molar-refractivity contribution >= 4 is 5.69 Å². The summed E-state index contributed by atoms with van der Waals surface area (Å²) < 4.78 is 0. The van der Waals surface area contributed by atoms with Crippen LogP contribution in [0, 0.1) is 23.7 Å². The Labute approximate surface area is 173 Å². The van der Waals surface area contributed by atoms with Crippen LogP contribution in [0.2, 0.25) is 0 Å². The number of hydrogen-bond donors (Lipinski definition) is 1. The van der Waals surface area contributed by atoms with Crippen molar-refractivity contribution in [3.63, 3.8) is 0 Å². The largest absolute Gasteiger partial charge is 0.378 e. The lowest BCUT2D eigenvalue weighted by molar-refractivity contribution is -0.00523. The number of nitrogens with one attached hydrogen (secondary N) is 1. The molecule has 5 aliphatic carbocycles. The monoisotopic (exact) mass is 382 g/mol. The predicted octanol–water partition coefficient (Wildman–Crippen LogP) is 6.38. The van der Waals surface area contributed by atoms with Gasteiger partial charge in [-0.25, -0.2) is 0 Å². The standard InChI is InChI=1S/C27H30N2/c1-4-22-23(5-1)26(20-3-2-8-28-16-20)29-25-7-6-21(12-24(22)25)27-13-17-9-18(14-27)11-19(10-17)15-27/h1-4,6-8,12,16-19,22-23,26,29H,5,9-11,13-15H2/t17?,18?,19?,22-,23-,26-,27?/m0/s1. The Bertz CT molecular complexity index is 940. The van der Waals surface area contributed by atoms with E-state index < -0.39 is 0 Å². The van der Waals surface area contributed by atoms with Crippen molar-refractivity contribution in [3.8, 4) is 0 Å². The maximum absolute atomic E-state index is 4.39. The van der Waals surface area contributed by atoms with Crippen LogP contribution in [-0.4, -0.2) is 4.98 Å². The fraction of sp³-hybridized carbons (Fsp3) is 0.519. The highest BCUT2D eigenvalue weighted by Crippen LogP contribution is 2.61. The van der Waals surface area contributed by atoms with E-state index in [2.05, 4.69) is 52.8 Å². The highest BCUT2D eigenvalue weighted by Gasteiger charge is 2.52. The zero-order valence-corrected chi connectivity index (χ0v) is 17.1. The topological polar surface area (TPSA) is 24.9 Å². The molecule has 2 heteroatoms. The second kappa shape index (κ2) is 5.97. The van der Waals surface area contributed by atoms with Crippen LogP contribution in [0.1, 0.15) is 73.6 Å². The Hall–Kier alpha value is -2.09. The summed E-state index contributed by atoms with van der Waals surface area (Å²) in [4.78, 5) is 4.39. The lowest BCUT2D eigenvalue weighted by Gasteiger charge is -2.57. The molecule has 29 heavy (non-hydrogen) atoms. The molecule has 1 aliphatic heterocycles. The molecule has 1 aromatic carbocycles. The predicted molar refractivity (Wildman–Crippen MR) is 117 cm³/mol. The smallest absolute Gasteiger partial charge is 0.0569 e. The third-order valence-corrected chi connectivity index (χ3v) is 9.06. The van der Waals surface area contributed by atoms with Crippen molar-refractivity contribution < 1.29 is 0 Å². The molecule has 1 N–H and O–H groups in total. The first-order chi connectivity index (χ1) is 14.3. The van der Waals surface area contributed by atoms with E-state index in [4.69, 9.17) is 0 Å². The summed E-state index contributed by atoms with van der Waals surface area (Å²) in [5.74, 6) is 4.17. The van der Waals surface area contributed by atoms with E-state index in [0.29, 0.717) is 23.3 Å². The third kappa shape index (κ3) is 2.44. The molecule has 0 unspecified atom stereocenters. The molecule has 0 amide bonds. The molecule has 6 aliphatic rings. The van der Waals surface area contributed by atoms with Gasteiger partial charge in [-0.05, 0) is 103 Å². The number of aromatic nitrogens is 1. The molecule has 0 saturated heterocycles. The summed E-state index contributed by atoms with van der Waals surface area (Å²) in [6.45, 7) is 0. The second-order valence-corrected chi connectivity index (χ2v) is 10.8. The molecule has 4 bridgehead atoms. The molecular weight excluding hydrogens is 352 g/mol. The number of benzene rings is 1. The highest BCUT2D eigenvalue weighted by atomic mass is 15.0. The first-order valence-electron chi connectivity index (χ1n) is 11.7. The molecule has 148 valence electrons. The van der Waals surface area contributed by atoms with Gasteiger partial charge >= 0.3 is 0 Å². The van der Waals surface area contributed by atoms with Gasteiger partial charge in [0.2, 0.25) is 0 Å². The van der Waals surface area contributed by atoms with Gasteiger partial charge in [-0.2, -0.15) is 0 Å². The van der Waals surface area contributed by atoms with Crippen LogP contribution in [-0.2, 0) is 5.41 Å². The van der Waals surface area contributed by atoms with Crippen LogP contribution in [0.15, 0.2) is 54.9 Å². The normalized spacial score (nSPS) is 41.1. The number of nitrogens with zero attached hydrogens (tertiary/aromatic N) is 1. The fourth-order valence-electron chi connectivity index (χ4n) is 8.28. The number of anilines is 1. The molecule has 2 heterocycles. The maximum atomic E-state index is 4.39. The Balaban J connectivity index is 1.29. The van der Waals surface area contributed by atoms with E-state index in [0.717, 1.165) is 24.2 Å². The molecular formula is C27H30N2.